The van der Waals surface area contributed by atoms with Gasteiger partial charge < -0.3 is 10.3 Å². The number of H-pyrrole nitrogens is 1. The Labute approximate surface area is 136 Å². The summed E-state index contributed by atoms with van der Waals surface area (Å²) < 4.78 is 0. The van der Waals surface area contributed by atoms with Gasteiger partial charge in [0.25, 0.3) is 5.56 Å². The zero-order valence-electron chi connectivity index (χ0n) is 11.8. The zero-order chi connectivity index (χ0) is 16.2. The molecule has 2 heterocycles. The third-order valence-corrected chi connectivity index (χ3v) is 3.21. The number of benzene rings is 1. The number of aromatic amines is 1. The number of halogens is 1. The van der Waals surface area contributed by atoms with Crippen LogP contribution in [-0.2, 0) is 0 Å². The maximum atomic E-state index is 11.9. The molecule has 0 fully saturated rings. The van der Waals surface area contributed by atoms with Gasteiger partial charge in [-0.1, -0.05) is 0 Å². The lowest BCUT2D eigenvalue weighted by molar-refractivity contribution is 0.269. The fraction of sp³-hybridized carbons (Fsp3) is 0. The first kappa shape index (κ1) is 14.9. The fourth-order valence-electron chi connectivity index (χ4n) is 2.09. The highest BCUT2D eigenvalue weighted by atomic mass is 35.5. The molecule has 1 amide bonds. The summed E-state index contributed by atoms with van der Waals surface area (Å²) in [5.41, 5.74) is 2.38. The maximum Gasteiger partial charge on any atom is 0.318 e. The third kappa shape index (κ3) is 3.61. The lowest BCUT2D eigenvalue weighted by Gasteiger charge is -2.06. The summed E-state index contributed by atoms with van der Waals surface area (Å²) in [5.74, 6) is 0.438. The summed E-state index contributed by atoms with van der Waals surface area (Å²) in [7, 11) is 0. The van der Waals surface area contributed by atoms with Gasteiger partial charge in [-0.15, -0.1) is 0 Å². The molecule has 0 saturated heterocycles. The van der Waals surface area contributed by atoms with E-state index in [9.17, 15) is 9.59 Å². The average molecular weight is 327 g/mol. The molecule has 0 aliphatic rings. The van der Waals surface area contributed by atoms with Gasteiger partial charge in [-0.3, -0.25) is 14.6 Å². The van der Waals surface area contributed by atoms with Crippen LogP contribution < -0.4 is 10.9 Å². The van der Waals surface area contributed by atoms with Crippen LogP contribution in [0.15, 0.2) is 59.7 Å². The van der Waals surface area contributed by atoms with Crippen molar-refractivity contribution >= 4 is 22.7 Å². The molecule has 23 heavy (non-hydrogen) atoms. The Morgan fingerprint density at radius 1 is 1.04 bits per heavy atom. The van der Waals surface area contributed by atoms with E-state index in [1.165, 1.54) is 6.07 Å². The van der Waals surface area contributed by atoms with E-state index in [0.717, 1.165) is 5.56 Å². The predicted molar refractivity (Wildman–Crippen MR) is 88.4 cm³/mol. The van der Waals surface area contributed by atoms with Crippen molar-refractivity contribution in [3.63, 3.8) is 0 Å². The number of aromatic nitrogens is 3. The molecular weight excluding hydrogens is 316 g/mol. The summed E-state index contributed by atoms with van der Waals surface area (Å²) in [4.78, 5) is 33.8. The summed E-state index contributed by atoms with van der Waals surface area (Å²) in [5, 5.41) is 1.80. The van der Waals surface area contributed by atoms with Crippen LogP contribution in [-0.4, -0.2) is 20.3 Å². The number of nitrogens with one attached hydrogen (secondary N) is 2. The van der Waals surface area contributed by atoms with Gasteiger partial charge in [0.1, 0.15) is 5.82 Å². The molecule has 0 aliphatic heterocycles. The first-order valence-electron chi connectivity index (χ1n) is 6.70. The minimum absolute atomic E-state index is 0.250. The number of pyridine rings is 1. The molecule has 6 nitrogen and oxygen atoms in total. The highest BCUT2D eigenvalue weighted by molar-refractivity contribution is 6.65. The van der Waals surface area contributed by atoms with Gasteiger partial charge >= 0.3 is 5.37 Å². The number of anilines is 1. The molecule has 0 spiro atoms. The number of hydrogen-bond donors (Lipinski definition) is 2. The molecule has 0 radical (unpaired) electrons. The van der Waals surface area contributed by atoms with Crippen molar-refractivity contribution in [1.29, 1.82) is 0 Å². The zero-order valence-corrected chi connectivity index (χ0v) is 12.5. The lowest BCUT2D eigenvalue weighted by atomic mass is 10.1. The maximum absolute atomic E-state index is 11.9. The number of rotatable bonds is 3. The van der Waals surface area contributed by atoms with E-state index in [0.29, 0.717) is 22.8 Å². The second-order valence-electron chi connectivity index (χ2n) is 4.69. The first-order valence-corrected chi connectivity index (χ1v) is 7.08. The molecule has 0 aliphatic carbocycles. The standard InChI is InChI=1S/C16H11ClN4O2/c17-16(23)19-12-3-1-11(2-4-12)15-20-13(9-14(22)21-15)10-5-7-18-8-6-10/h1-9H,(H,19,23)(H,20,21,22). The number of hydrogen-bond acceptors (Lipinski definition) is 4. The number of carbonyl (C=O) groups excluding carboxylic acids is 1. The highest BCUT2D eigenvalue weighted by Crippen LogP contribution is 2.20. The summed E-state index contributed by atoms with van der Waals surface area (Å²) >= 11 is 5.26. The van der Waals surface area contributed by atoms with Gasteiger partial charge in [0.15, 0.2) is 0 Å². The van der Waals surface area contributed by atoms with E-state index in [1.54, 1.807) is 48.8 Å². The summed E-state index contributed by atoms with van der Waals surface area (Å²) in [6, 6.07) is 11.8. The van der Waals surface area contributed by atoms with Crippen molar-refractivity contribution in [2.45, 2.75) is 0 Å². The molecule has 3 rings (SSSR count). The number of nitrogens with zero attached hydrogens (tertiary/aromatic N) is 2. The second kappa shape index (κ2) is 6.41. The minimum Gasteiger partial charge on any atom is -0.312 e. The average Bonchev–Trinajstić information content (AvgIpc) is 2.55. The molecule has 3 aromatic rings. The van der Waals surface area contributed by atoms with Gasteiger partial charge in [0.05, 0.1) is 5.69 Å². The lowest BCUT2D eigenvalue weighted by Crippen LogP contribution is -2.08. The summed E-state index contributed by atoms with van der Waals surface area (Å²) in [6.07, 6.45) is 3.28. The Balaban J connectivity index is 1.98. The van der Waals surface area contributed by atoms with E-state index >= 15 is 0 Å². The Morgan fingerprint density at radius 2 is 1.74 bits per heavy atom. The minimum atomic E-state index is -0.663. The van der Waals surface area contributed by atoms with E-state index in [-0.39, 0.29) is 5.56 Å². The van der Waals surface area contributed by atoms with Gasteiger partial charge in [-0.25, -0.2) is 4.98 Å². The van der Waals surface area contributed by atoms with Gasteiger partial charge in [0, 0.05) is 35.3 Å². The highest BCUT2D eigenvalue weighted by Gasteiger charge is 2.06. The molecule has 7 heteroatoms. The Hall–Kier alpha value is -2.99. The molecule has 2 N–H and O–H groups in total. The topological polar surface area (TPSA) is 87.7 Å². The van der Waals surface area contributed by atoms with Crippen molar-refractivity contribution in [2.75, 3.05) is 5.32 Å². The van der Waals surface area contributed by atoms with E-state index in [2.05, 4.69) is 20.3 Å². The van der Waals surface area contributed by atoms with Gasteiger partial charge in [0.2, 0.25) is 0 Å². The Bertz CT molecular complexity index is 892. The first-order chi connectivity index (χ1) is 11.1. The largest absolute Gasteiger partial charge is 0.318 e. The SMILES string of the molecule is O=C(Cl)Nc1ccc(-c2nc(-c3ccncc3)cc(=O)[nH]2)cc1. The van der Waals surface area contributed by atoms with Crippen molar-refractivity contribution in [2.24, 2.45) is 0 Å². The van der Waals surface area contributed by atoms with Crippen molar-refractivity contribution in [1.82, 2.24) is 15.0 Å². The Morgan fingerprint density at radius 3 is 2.39 bits per heavy atom. The van der Waals surface area contributed by atoms with E-state index in [1.807, 2.05) is 0 Å². The number of amides is 1. The second-order valence-corrected chi connectivity index (χ2v) is 5.03. The van der Waals surface area contributed by atoms with Crippen LogP contribution in [0.3, 0.4) is 0 Å². The van der Waals surface area contributed by atoms with Crippen molar-refractivity contribution < 1.29 is 4.79 Å². The number of carbonyl (C=O) groups is 1. The van der Waals surface area contributed by atoms with Crippen molar-refractivity contribution in [3.8, 4) is 22.6 Å². The van der Waals surface area contributed by atoms with Crippen LogP contribution in [0, 0.1) is 0 Å². The molecule has 0 bridgehead atoms. The van der Waals surface area contributed by atoms with Crippen LogP contribution in [0.2, 0.25) is 0 Å². The third-order valence-electron chi connectivity index (χ3n) is 3.12. The Kier molecular flexibility index (Phi) is 4.16. The molecule has 0 saturated carbocycles. The van der Waals surface area contributed by atoms with Crippen LogP contribution in [0.1, 0.15) is 0 Å². The quantitative estimate of drug-likeness (QED) is 0.571. The molecule has 2 aromatic heterocycles. The van der Waals surface area contributed by atoms with Crippen LogP contribution >= 0.6 is 11.6 Å². The molecular formula is C16H11ClN4O2. The van der Waals surface area contributed by atoms with Gasteiger partial charge in [-0.2, -0.15) is 0 Å². The smallest absolute Gasteiger partial charge is 0.312 e. The molecule has 1 aromatic carbocycles. The van der Waals surface area contributed by atoms with E-state index in [4.69, 9.17) is 11.6 Å². The molecule has 0 atom stereocenters. The fourth-order valence-corrected chi connectivity index (χ4v) is 2.20. The van der Waals surface area contributed by atoms with Gasteiger partial charge in [-0.05, 0) is 48.0 Å². The van der Waals surface area contributed by atoms with Crippen LogP contribution in [0.5, 0.6) is 0 Å². The van der Waals surface area contributed by atoms with Crippen molar-refractivity contribution in [3.05, 3.63) is 65.2 Å². The monoisotopic (exact) mass is 326 g/mol. The molecule has 114 valence electrons. The van der Waals surface area contributed by atoms with E-state index < -0.39 is 5.37 Å². The summed E-state index contributed by atoms with van der Waals surface area (Å²) in [6.45, 7) is 0. The normalized spacial score (nSPS) is 10.3. The van der Waals surface area contributed by atoms with Crippen LogP contribution in [0.25, 0.3) is 22.6 Å². The van der Waals surface area contributed by atoms with Crippen LogP contribution in [0.4, 0.5) is 10.5 Å². The predicted octanol–water partition coefficient (Wildman–Crippen LogP) is 3.27. The molecule has 0 unspecified atom stereocenters.